The summed E-state index contributed by atoms with van der Waals surface area (Å²) < 4.78 is 5.32. The molecule has 0 bridgehead atoms. The number of ether oxygens (including phenoxy) is 1. The third-order valence-corrected chi connectivity index (χ3v) is 2.78. The third kappa shape index (κ3) is 6.86. The summed E-state index contributed by atoms with van der Waals surface area (Å²) in [7, 11) is 0. The van der Waals surface area contributed by atoms with E-state index in [0.717, 1.165) is 26.0 Å². The van der Waals surface area contributed by atoms with Crippen molar-refractivity contribution in [1.82, 2.24) is 10.6 Å². The highest BCUT2D eigenvalue weighted by Crippen LogP contribution is 2.11. The van der Waals surface area contributed by atoms with E-state index in [-0.39, 0.29) is 29.9 Å². The molecule has 0 radical (unpaired) electrons. The molecule has 0 aromatic carbocycles. The van der Waals surface area contributed by atoms with Crippen molar-refractivity contribution in [1.29, 1.82) is 0 Å². The first kappa shape index (κ1) is 16.7. The second-order valence-corrected chi connectivity index (χ2v) is 5.11. The van der Waals surface area contributed by atoms with Gasteiger partial charge in [0.15, 0.2) is 0 Å². The Morgan fingerprint density at radius 1 is 1.53 bits per heavy atom. The summed E-state index contributed by atoms with van der Waals surface area (Å²) in [6.45, 7) is 8.50. The monoisotopic (exact) mass is 264 g/mol. The van der Waals surface area contributed by atoms with E-state index in [0.29, 0.717) is 13.0 Å². The van der Waals surface area contributed by atoms with Crippen LogP contribution in [0.2, 0.25) is 0 Å². The Morgan fingerprint density at radius 3 is 2.76 bits per heavy atom. The molecular weight excluding hydrogens is 240 g/mol. The van der Waals surface area contributed by atoms with Crippen LogP contribution >= 0.6 is 12.4 Å². The molecule has 0 aliphatic carbocycles. The molecule has 102 valence electrons. The second kappa shape index (κ2) is 7.90. The Balaban J connectivity index is 0.00000256. The van der Waals surface area contributed by atoms with Crippen molar-refractivity contribution in [2.75, 3.05) is 19.8 Å². The molecule has 5 heteroatoms. The second-order valence-electron chi connectivity index (χ2n) is 5.11. The van der Waals surface area contributed by atoms with Crippen LogP contribution in [0.25, 0.3) is 0 Å². The number of halogens is 1. The Bertz CT molecular complexity index is 229. The quantitative estimate of drug-likeness (QED) is 0.791. The molecule has 1 saturated heterocycles. The number of hydrogen-bond donors (Lipinski definition) is 2. The highest BCUT2D eigenvalue weighted by molar-refractivity contribution is 5.85. The van der Waals surface area contributed by atoms with E-state index >= 15 is 0 Å². The number of amides is 1. The Kier molecular flexibility index (Phi) is 7.75. The average Bonchev–Trinajstić information content (AvgIpc) is 2.17. The van der Waals surface area contributed by atoms with E-state index in [1.807, 2.05) is 0 Å². The van der Waals surface area contributed by atoms with E-state index in [1.54, 1.807) is 0 Å². The minimum Gasteiger partial charge on any atom is -0.378 e. The molecule has 1 amide bonds. The normalized spacial score (nSPS) is 20.5. The summed E-state index contributed by atoms with van der Waals surface area (Å²) in [5, 5.41) is 6.35. The van der Waals surface area contributed by atoms with Gasteiger partial charge in [-0.1, -0.05) is 13.3 Å². The number of hydrogen-bond acceptors (Lipinski definition) is 3. The van der Waals surface area contributed by atoms with Crippen LogP contribution in [0, 0.1) is 0 Å². The van der Waals surface area contributed by atoms with Gasteiger partial charge in [0.25, 0.3) is 0 Å². The smallest absolute Gasteiger partial charge is 0.222 e. The van der Waals surface area contributed by atoms with Gasteiger partial charge in [-0.2, -0.15) is 0 Å². The molecule has 0 aromatic rings. The van der Waals surface area contributed by atoms with Crippen LogP contribution in [0.1, 0.15) is 40.0 Å². The highest BCUT2D eigenvalue weighted by Gasteiger charge is 2.22. The van der Waals surface area contributed by atoms with Crippen LogP contribution < -0.4 is 10.6 Å². The molecule has 1 unspecified atom stereocenters. The molecule has 0 saturated carbocycles. The zero-order valence-electron chi connectivity index (χ0n) is 11.0. The fraction of sp³-hybridized carbons (Fsp3) is 0.917. The SMILES string of the molecule is CCCC(C)(C)NC(=O)CC1COCCN1.Cl. The van der Waals surface area contributed by atoms with Crippen LogP contribution in [0.4, 0.5) is 0 Å². The Hall–Kier alpha value is -0.320. The lowest BCUT2D eigenvalue weighted by molar-refractivity contribution is -0.123. The van der Waals surface area contributed by atoms with Gasteiger partial charge in [0.05, 0.1) is 13.2 Å². The van der Waals surface area contributed by atoms with Crippen molar-refractivity contribution in [2.45, 2.75) is 51.6 Å². The maximum Gasteiger partial charge on any atom is 0.222 e. The van der Waals surface area contributed by atoms with Crippen molar-refractivity contribution in [3.05, 3.63) is 0 Å². The van der Waals surface area contributed by atoms with E-state index in [9.17, 15) is 4.79 Å². The van der Waals surface area contributed by atoms with Crippen LogP contribution in [0.15, 0.2) is 0 Å². The summed E-state index contributed by atoms with van der Waals surface area (Å²) in [6.07, 6.45) is 2.60. The largest absolute Gasteiger partial charge is 0.378 e. The Morgan fingerprint density at radius 2 is 2.24 bits per heavy atom. The number of morpholine rings is 1. The lowest BCUT2D eigenvalue weighted by atomic mass is 9.98. The van der Waals surface area contributed by atoms with Gasteiger partial charge in [-0.05, 0) is 20.3 Å². The fourth-order valence-electron chi connectivity index (χ4n) is 2.09. The maximum atomic E-state index is 11.8. The highest BCUT2D eigenvalue weighted by atomic mass is 35.5. The average molecular weight is 265 g/mol. The van der Waals surface area contributed by atoms with Gasteiger partial charge in [-0.3, -0.25) is 4.79 Å². The number of carbonyl (C=O) groups is 1. The predicted molar refractivity (Wildman–Crippen MR) is 71.6 cm³/mol. The van der Waals surface area contributed by atoms with Gasteiger partial charge in [-0.25, -0.2) is 0 Å². The van der Waals surface area contributed by atoms with E-state index in [2.05, 4.69) is 31.4 Å². The molecule has 1 atom stereocenters. The zero-order chi connectivity index (χ0) is 12.0. The summed E-state index contributed by atoms with van der Waals surface area (Å²) in [6, 6.07) is 0.172. The Labute approximate surface area is 110 Å². The number of rotatable bonds is 5. The van der Waals surface area contributed by atoms with Crippen molar-refractivity contribution in [3.63, 3.8) is 0 Å². The predicted octanol–water partition coefficient (Wildman–Crippen LogP) is 1.48. The number of nitrogens with one attached hydrogen (secondary N) is 2. The molecule has 4 nitrogen and oxygen atoms in total. The minimum absolute atomic E-state index is 0. The van der Waals surface area contributed by atoms with Gasteiger partial charge < -0.3 is 15.4 Å². The molecule has 1 aliphatic rings. The third-order valence-electron chi connectivity index (χ3n) is 2.78. The topological polar surface area (TPSA) is 50.4 Å². The van der Waals surface area contributed by atoms with E-state index < -0.39 is 0 Å². The van der Waals surface area contributed by atoms with E-state index in [4.69, 9.17) is 4.74 Å². The lowest BCUT2D eigenvalue weighted by Crippen LogP contribution is -2.48. The molecule has 2 N–H and O–H groups in total. The van der Waals surface area contributed by atoms with Gasteiger partial charge in [0.1, 0.15) is 0 Å². The van der Waals surface area contributed by atoms with Crippen LogP contribution in [-0.2, 0) is 9.53 Å². The standard InChI is InChI=1S/C12H24N2O2.ClH/c1-4-5-12(2,3)14-11(15)8-10-9-16-7-6-13-10;/h10,13H,4-9H2,1-3H3,(H,14,15);1H. The summed E-state index contributed by atoms with van der Waals surface area (Å²) in [5.41, 5.74) is -0.0959. The molecule has 1 aliphatic heterocycles. The molecule has 1 rings (SSSR count). The molecule has 17 heavy (non-hydrogen) atoms. The zero-order valence-corrected chi connectivity index (χ0v) is 11.9. The summed E-state index contributed by atoms with van der Waals surface area (Å²) in [5.74, 6) is 0.112. The molecule has 0 spiro atoms. The lowest BCUT2D eigenvalue weighted by Gasteiger charge is -2.28. The first-order valence-corrected chi connectivity index (χ1v) is 6.15. The van der Waals surface area contributed by atoms with Crippen molar-refractivity contribution >= 4 is 18.3 Å². The van der Waals surface area contributed by atoms with Gasteiger partial charge >= 0.3 is 0 Å². The first-order chi connectivity index (χ1) is 7.53. The molecular formula is C12H25ClN2O2. The number of carbonyl (C=O) groups excluding carboxylic acids is 1. The van der Waals surface area contributed by atoms with Gasteiger partial charge in [-0.15, -0.1) is 12.4 Å². The molecule has 1 fully saturated rings. The van der Waals surface area contributed by atoms with Crippen LogP contribution in [-0.4, -0.2) is 37.2 Å². The van der Waals surface area contributed by atoms with Crippen LogP contribution in [0.3, 0.4) is 0 Å². The van der Waals surface area contributed by atoms with Crippen molar-refractivity contribution < 1.29 is 9.53 Å². The van der Waals surface area contributed by atoms with Gasteiger partial charge in [0, 0.05) is 24.5 Å². The summed E-state index contributed by atoms with van der Waals surface area (Å²) in [4.78, 5) is 11.8. The van der Waals surface area contributed by atoms with E-state index in [1.165, 1.54) is 0 Å². The molecule has 0 aromatic heterocycles. The first-order valence-electron chi connectivity index (χ1n) is 6.15. The van der Waals surface area contributed by atoms with Crippen molar-refractivity contribution in [3.8, 4) is 0 Å². The van der Waals surface area contributed by atoms with Crippen molar-refractivity contribution in [2.24, 2.45) is 0 Å². The van der Waals surface area contributed by atoms with Gasteiger partial charge in [0.2, 0.25) is 5.91 Å². The maximum absolute atomic E-state index is 11.8. The fourth-order valence-corrected chi connectivity index (χ4v) is 2.09. The summed E-state index contributed by atoms with van der Waals surface area (Å²) >= 11 is 0. The minimum atomic E-state index is -0.0959. The van der Waals surface area contributed by atoms with Crippen LogP contribution in [0.5, 0.6) is 0 Å². The molecule has 1 heterocycles.